The summed E-state index contributed by atoms with van der Waals surface area (Å²) >= 11 is 0. The first-order chi connectivity index (χ1) is 28.1. The Labute approximate surface area is 340 Å². The molecule has 0 aliphatic heterocycles. The van der Waals surface area contributed by atoms with E-state index >= 15 is 4.79 Å². The van der Waals surface area contributed by atoms with Gasteiger partial charge >= 0.3 is 0 Å². The number of ether oxygens (including phenoxy) is 1. The Balaban J connectivity index is 1.23. The SMILES string of the molecule is Cc1cc2c(cc(C(=O)N(Cc3ccc(-c4ncnn4C)cn3)[C@@H]3CCCc4cccnc43)n2COCC[Si](C)(C)C)nc1N=C(c1ccccc1)c1ccccc1. The van der Waals surface area contributed by atoms with Crippen LogP contribution >= 0.6 is 0 Å². The molecule has 0 saturated heterocycles. The molecule has 0 radical (unpaired) electrons. The number of benzene rings is 2. The number of aromatic nitrogens is 7. The average Bonchev–Trinajstić information content (AvgIpc) is 3.83. The number of hydrogen-bond acceptors (Lipinski definition) is 8. The van der Waals surface area contributed by atoms with Crippen molar-refractivity contribution in [2.24, 2.45) is 12.0 Å². The maximum Gasteiger partial charge on any atom is 0.271 e. The fourth-order valence-corrected chi connectivity index (χ4v) is 8.32. The average molecular weight is 788 g/mol. The van der Waals surface area contributed by atoms with Gasteiger partial charge in [-0.3, -0.25) is 14.8 Å². The van der Waals surface area contributed by atoms with Crippen molar-refractivity contribution >= 4 is 36.5 Å². The third-order valence-corrected chi connectivity index (χ3v) is 12.4. The van der Waals surface area contributed by atoms with Gasteiger partial charge in [0, 0.05) is 50.8 Å². The van der Waals surface area contributed by atoms with Gasteiger partial charge in [-0.2, -0.15) is 5.10 Å². The van der Waals surface area contributed by atoms with E-state index < -0.39 is 8.07 Å². The summed E-state index contributed by atoms with van der Waals surface area (Å²) in [4.78, 5) is 41.8. The lowest BCUT2D eigenvalue weighted by atomic mass is 9.90. The molecule has 0 N–H and O–H groups in total. The Morgan fingerprint density at radius 3 is 2.36 bits per heavy atom. The highest BCUT2D eigenvalue weighted by Gasteiger charge is 2.33. The van der Waals surface area contributed by atoms with Crippen LogP contribution < -0.4 is 0 Å². The van der Waals surface area contributed by atoms with Gasteiger partial charge in [0.2, 0.25) is 0 Å². The second-order valence-corrected chi connectivity index (χ2v) is 21.8. The van der Waals surface area contributed by atoms with Crippen LogP contribution in [0.3, 0.4) is 0 Å². The molecule has 294 valence electrons. The van der Waals surface area contributed by atoms with Gasteiger partial charge in [0.25, 0.3) is 5.91 Å². The molecule has 8 rings (SSSR count). The molecular weight excluding hydrogens is 739 g/mol. The number of fused-ring (bicyclic) bond motifs is 2. The fraction of sp³-hybridized carbons (Fsp3) is 0.283. The minimum Gasteiger partial charge on any atom is -0.361 e. The second kappa shape index (κ2) is 16.8. The molecule has 0 spiro atoms. The van der Waals surface area contributed by atoms with Crippen molar-refractivity contribution in [1.82, 2.24) is 39.2 Å². The van der Waals surface area contributed by atoms with Gasteiger partial charge in [-0.1, -0.05) is 86.4 Å². The third-order valence-electron chi connectivity index (χ3n) is 10.7. The van der Waals surface area contributed by atoms with Crippen molar-refractivity contribution in [3.05, 3.63) is 155 Å². The molecule has 58 heavy (non-hydrogen) atoms. The van der Waals surface area contributed by atoms with Crippen LogP contribution in [0.15, 0.2) is 121 Å². The lowest BCUT2D eigenvalue weighted by molar-refractivity contribution is 0.0575. The molecule has 0 fully saturated rings. The molecule has 1 amide bonds. The number of amides is 1. The Bertz CT molecular complexity index is 2520. The summed E-state index contributed by atoms with van der Waals surface area (Å²) in [6.07, 6.45) is 7.82. The molecule has 2 aromatic carbocycles. The van der Waals surface area contributed by atoms with E-state index in [0.717, 1.165) is 76.0 Å². The van der Waals surface area contributed by atoms with E-state index in [-0.39, 0.29) is 25.2 Å². The number of hydrogen-bond donors (Lipinski definition) is 0. The van der Waals surface area contributed by atoms with Crippen molar-refractivity contribution in [2.45, 2.75) is 71.2 Å². The van der Waals surface area contributed by atoms with E-state index in [1.54, 1.807) is 10.9 Å². The number of carbonyl (C=O) groups is 1. The lowest BCUT2D eigenvalue weighted by Crippen LogP contribution is -2.38. The summed E-state index contributed by atoms with van der Waals surface area (Å²) in [5.74, 6) is 1.19. The van der Waals surface area contributed by atoms with Crippen LogP contribution in [0.25, 0.3) is 22.4 Å². The highest BCUT2D eigenvalue weighted by Crippen LogP contribution is 2.36. The van der Waals surface area contributed by atoms with Crippen molar-refractivity contribution in [2.75, 3.05) is 6.61 Å². The van der Waals surface area contributed by atoms with Crippen LogP contribution in [0.4, 0.5) is 5.82 Å². The zero-order valence-electron chi connectivity index (χ0n) is 33.8. The number of aryl methyl sites for hydroxylation is 3. The minimum absolute atomic E-state index is 0.133. The van der Waals surface area contributed by atoms with Crippen LogP contribution in [0.5, 0.6) is 0 Å². The zero-order valence-corrected chi connectivity index (χ0v) is 34.8. The van der Waals surface area contributed by atoms with Gasteiger partial charge < -0.3 is 14.2 Å². The normalized spacial score (nSPS) is 14.0. The van der Waals surface area contributed by atoms with E-state index in [0.29, 0.717) is 23.6 Å². The predicted octanol–water partition coefficient (Wildman–Crippen LogP) is 9.13. The van der Waals surface area contributed by atoms with Crippen LogP contribution in [0.1, 0.15) is 63.0 Å². The fourth-order valence-electron chi connectivity index (χ4n) is 7.56. The molecule has 12 heteroatoms. The van der Waals surface area contributed by atoms with Gasteiger partial charge in [-0.15, -0.1) is 0 Å². The number of aliphatic imine (C=N–C) groups is 1. The largest absolute Gasteiger partial charge is 0.361 e. The summed E-state index contributed by atoms with van der Waals surface area (Å²) < 4.78 is 10.1. The predicted molar refractivity (Wildman–Crippen MR) is 231 cm³/mol. The molecule has 7 aromatic rings. The Kier molecular flexibility index (Phi) is 11.2. The standard InChI is InChI=1S/C46H49N9O2Si/c1-32-26-40-38(51-44(32)52-42(33-14-8-6-9-15-33)34-16-10-7-11-17-34)27-41(55(40)31-57-24-25-58(3,4)5)46(56)54(39-20-12-18-35-19-13-23-47-43(35)39)29-37-22-21-36(28-48-37)45-49-30-50-53(45)2/h6-11,13-17,19,21-23,26-28,30,39H,12,18,20,24-25,29,31H2,1-5H3/t39-/m1/s1. The number of pyridine rings is 3. The Morgan fingerprint density at radius 1 is 0.931 bits per heavy atom. The van der Waals surface area contributed by atoms with Crippen molar-refractivity contribution in [3.8, 4) is 11.4 Å². The molecule has 0 bridgehead atoms. The van der Waals surface area contributed by atoms with Crippen LogP contribution in [-0.4, -0.2) is 65.5 Å². The van der Waals surface area contributed by atoms with E-state index in [4.69, 9.17) is 24.7 Å². The molecule has 0 saturated carbocycles. The number of rotatable bonds is 13. The maximum absolute atomic E-state index is 15.4. The molecule has 0 unspecified atom stereocenters. The maximum atomic E-state index is 15.4. The second-order valence-electron chi connectivity index (χ2n) is 16.2. The summed E-state index contributed by atoms with van der Waals surface area (Å²) in [7, 11) is 0.498. The smallest absolute Gasteiger partial charge is 0.271 e. The molecule has 1 atom stereocenters. The summed E-state index contributed by atoms with van der Waals surface area (Å²) in [5, 5.41) is 4.22. The monoisotopic (exact) mass is 787 g/mol. The van der Waals surface area contributed by atoms with Gasteiger partial charge in [-0.05, 0) is 73.7 Å². The van der Waals surface area contributed by atoms with E-state index in [2.05, 4.69) is 66.1 Å². The van der Waals surface area contributed by atoms with E-state index in [1.165, 1.54) is 11.9 Å². The first-order valence-corrected chi connectivity index (χ1v) is 23.7. The van der Waals surface area contributed by atoms with Crippen LogP contribution in [-0.2, 0) is 31.5 Å². The van der Waals surface area contributed by atoms with Crippen LogP contribution in [0, 0.1) is 6.92 Å². The lowest BCUT2D eigenvalue weighted by Gasteiger charge is -2.35. The van der Waals surface area contributed by atoms with Crippen molar-refractivity contribution in [3.63, 3.8) is 0 Å². The molecule has 5 heterocycles. The van der Waals surface area contributed by atoms with Gasteiger partial charge in [0.15, 0.2) is 11.6 Å². The number of carbonyl (C=O) groups excluding carboxylic acids is 1. The van der Waals surface area contributed by atoms with Gasteiger partial charge in [0.05, 0.1) is 40.7 Å². The van der Waals surface area contributed by atoms with Gasteiger partial charge in [0.1, 0.15) is 18.8 Å². The summed E-state index contributed by atoms with van der Waals surface area (Å²) in [5.41, 5.74) is 9.43. The molecule has 5 aromatic heterocycles. The summed E-state index contributed by atoms with van der Waals surface area (Å²) in [6, 6.07) is 33.2. The molecule has 1 aliphatic rings. The van der Waals surface area contributed by atoms with E-state index in [9.17, 15) is 0 Å². The first kappa shape index (κ1) is 38.7. The minimum atomic E-state index is -1.36. The van der Waals surface area contributed by atoms with E-state index in [1.807, 2.05) is 90.3 Å². The highest BCUT2D eigenvalue weighted by molar-refractivity contribution is 6.76. The Morgan fingerprint density at radius 2 is 1.69 bits per heavy atom. The van der Waals surface area contributed by atoms with Gasteiger partial charge in [-0.25, -0.2) is 19.6 Å². The third kappa shape index (κ3) is 8.44. The molecule has 1 aliphatic carbocycles. The van der Waals surface area contributed by atoms with Crippen molar-refractivity contribution < 1.29 is 9.53 Å². The first-order valence-electron chi connectivity index (χ1n) is 20.0. The van der Waals surface area contributed by atoms with Crippen LogP contribution in [0.2, 0.25) is 25.7 Å². The number of nitrogens with zero attached hydrogens (tertiary/aromatic N) is 9. The zero-order chi connectivity index (χ0) is 40.2. The summed E-state index contributed by atoms with van der Waals surface area (Å²) in [6.45, 7) is 10.2. The molecule has 11 nitrogen and oxygen atoms in total. The quantitative estimate of drug-likeness (QED) is 0.0650. The molecular formula is C46H49N9O2Si. The van der Waals surface area contributed by atoms with Crippen molar-refractivity contribution in [1.29, 1.82) is 0 Å². The highest BCUT2D eigenvalue weighted by atomic mass is 28.3. The topological polar surface area (TPSA) is 116 Å². The Hall–Kier alpha value is -6.11.